The molecular weight excluding hydrogens is 433 g/mol. The number of aromatic nitrogens is 4. The molecule has 0 bridgehead atoms. The van der Waals surface area contributed by atoms with E-state index < -0.39 is 5.82 Å². The van der Waals surface area contributed by atoms with Crippen molar-refractivity contribution in [2.45, 2.75) is 0 Å². The van der Waals surface area contributed by atoms with Gasteiger partial charge < -0.3 is 14.5 Å². The van der Waals surface area contributed by atoms with Crippen LogP contribution in [0.5, 0.6) is 5.75 Å². The Hall–Kier alpha value is -3.15. The van der Waals surface area contributed by atoms with Crippen LogP contribution in [0.4, 0.5) is 10.3 Å². The van der Waals surface area contributed by atoms with Gasteiger partial charge in [0.1, 0.15) is 17.7 Å². The number of hydrogen-bond acceptors (Lipinski definition) is 9. The van der Waals surface area contributed by atoms with E-state index in [4.69, 9.17) is 14.1 Å². The predicted molar refractivity (Wildman–Crippen MR) is 121 cm³/mol. The summed E-state index contributed by atoms with van der Waals surface area (Å²) in [6.45, 7) is 3.68. The van der Waals surface area contributed by atoms with Crippen molar-refractivity contribution in [3.63, 3.8) is 0 Å². The van der Waals surface area contributed by atoms with Gasteiger partial charge in [0.05, 0.1) is 12.8 Å². The third-order valence-corrected chi connectivity index (χ3v) is 6.21. The van der Waals surface area contributed by atoms with Crippen LogP contribution in [0.25, 0.3) is 28.5 Å². The van der Waals surface area contributed by atoms with Gasteiger partial charge >= 0.3 is 5.84 Å². The predicted octanol–water partition coefficient (Wildman–Crippen LogP) is 3.42. The van der Waals surface area contributed by atoms with Crippen LogP contribution in [-0.2, 0) is 0 Å². The Bertz CT molecular complexity index is 1240. The van der Waals surface area contributed by atoms with Crippen LogP contribution in [-0.4, -0.2) is 68.3 Å². The highest BCUT2D eigenvalue weighted by molar-refractivity contribution is 7.94. The summed E-state index contributed by atoms with van der Waals surface area (Å²) in [4.78, 5) is 13.7. The van der Waals surface area contributed by atoms with Gasteiger partial charge in [0.2, 0.25) is 5.95 Å². The molecule has 0 amide bonds. The minimum atomic E-state index is -0.434. The monoisotopic (exact) mass is 455 g/mol. The van der Waals surface area contributed by atoms with Gasteiger partial charge in [-0.2, -0.15) is 4.98 Å². The first-order chi connectivity index (χ1) is 15.6. The Labute approximate surface area is 188 Å². The summed E-state index contributed by atoms with van der Waals surface area (Å²) >= 11 is 1.73. The van der Waals surface area contributed by atoms with Gasteiger partial charge in [-0.15, -0.1) is 0 Å². The fourth-order valence-electron chi connectivity index (χ4n) is 3.59. The van der Waals surface area contributed by atoms with E-state index in [2.05, 4.69) is 30.9 Å². The number of imidazole rings is 1. The SMILES string of the molecule is COc1cc(-c2nc3occn3c2-c2ccnc(NCCN3CCN(C)S3)n2)ccc1F. The molecule has 166 valence electrons. The number of ether oxygens (including phenoxy) is 1. The molecule has 4 heterocycles. The van der Waals surface area contributed by atoms with Gasteiger partial charge in [0, 0.05) is 56.3 Å². The fraction of sp³-hybridized carbons (Fsp3) is 0.286. The van der Waals surface area contributed by atoms with E-state index in [1.54, 1.807) is 42.9 Å². The molecule has 0 aliphatic carbocycles. The van der Waals surface area contributed by atoms with Crippen molar-refractivity contribution in [1.82, 2.24) is 28.0 Å². The second kappa shape index (κ2) is 8.77. The molecule has 3 aromatic heterocycles. The molecular formula is C21H22FN7O2S. The summed E-state index contributed by atoms with van der Waals surface area (Å²) < 4.78 is 30.9. The van der Waals surface area contributed by atoms with Crippen molar-refractivity contribution in [3.8, 4) is 28.4 Å². The molecule has 32 heavy (non-hydrogen) atoms. The number of oxazole rings is 1. The lowest BCUT2D eigenvalue weighted by atomic mass is 10.1. The van der Waals surface area contributed by atoms with E-state index in [0.717, 1.165) is 31.9 Å². The number of halogens is 1. The van der Waals surface area contributed by atoms with Crippen molar-refractivity contribution < 1.29 is 13.5 Å². The topological polar surface area (TPSA) is 84.0 Å². The first kappa shape index (κ1) is 20.7. The van der Waals surface area contributed by atoms with E-state index in [9.17, 15) is 4.39 Å². The largest absolute Gasteiger partial charge is 0.494 e. The van der Waals surface area contributed by atoms with E-state index in [-0.39, 0.29) is 5.75 Å². The maximum Gasteiger partial charge on any atom is 0.306 e. The molecule has 1 aliphatic rings. The zero-order valence-corrected chi connectivity index (χ0v) is 18.5. The number of fused-ring (bicyclic) bond motifs is 1. The summed E-state index contributed by atoms with van der Waals surface area (Å²) in [5.41, 5.74) is 2.71. The number of benzene rings is 1. The average Bonchev–Trinajstić information content (AvgIpc) is 3.50. The number of hydrogen-bond donors (Lipinski definition) is 1. The van der Waals surface area contributed by atoms with Gasteiger partial charge in [0.25, 0.3) is 0 Å². The second-order valence-electron chi connectivity index (χ2n) is 7.27. The van der Waals surface area contributed by atoms with Gasteiger partial charge in [-0.05, 0) is 31.3 Å². The molecule has 11 heteroatoms. The Morgan fingerprint density at radius 2 is 2.16 bits per heavy atom. The highest BCUT2D eigenvalue weighted by Gasteiger charge is 2.21. The van der Waals surface area contributed by atoms with Crippen LogP contribution in [0.1, 0.15) is 0 Å². The maximum absolute atomic E-state index is 14.0. The van der Waals surface area contributed by atoms with E-state index in [0.29, 0.717) is 28.7 Å². The van der Waals surface area contributed by atoms with Crippen molar-refractivity contribution in [2.24, 2.45) is 0 Å². The first-order valence-electron chi connectivity index (χ1n) is 10.1. The Kier molecular flexibility index (Phi) is 5.68. The number of rotatable bonds is 7. The lowest BCUT2D eigenvalue weighted by Crippen LogP contribution is -2.22. The molecule has 0 saturated carbocycles. The normalized spacial score (nSPS) is 15.0. The molecule has 1 fully saturated rings. The van der Waals surface area contributed by atoms with Gasteiger partial charge in [-0.1, -0.05) is 0 Å². The van der Waals surface area contributed by atoms with E-state index >= 15 is 0 Å². The summed E-state index contributed by atoms with van der Waals surface area (Å²) in [6, 6.07) is 6.46. The third-order valence-electron chi connectivity index (χ3n) is 5.15. The third kappa shape index (κ3) is 4.01. The highest BCUT2D eigenvalue weighted by atomic mass is 32.2. The van der Waals surface area contributed by atoms with Crippen LogP contribution in [0.3, 0.4) is 0 Å². The summed E-state index contributed by atoms with van der Waals surface area (Å²) in [5, 5.41) is 3.30. The molecule has 0 unspecified atom stereocenters. The number of methoxy groups -OCH3 is 1. The molecule has 1 aromatic carbocycles. The summed E-state index contributed by atoms with van der Waals surface area (Å²) in [7, 11) is 3.52. The standard InChI is InChI=1S/C21H22FN7O2S/c1-27-9-10-28(32-27)8-7-24-20-23-6-5-16(25-20)19-18(26-21-29(19)11-12-31-21)14-3-4-15(22)17(13-14)30-2/h3-6,11-13H,7-10H2,1-2H3,(H,23,24,25). The Balaban J connectivity index is 1.45. The van der Waals surface area contributed by atoms with Gasteiger partial charge in [-0.3, -0.25) is 4.40 Å². The molecule has 1 aliphatic heterocycles. The van der Waals surface area contributed by atoms with Crippen LogP contribution in [0.15, 0.2) is 47.3 Å². The zero-order chi connectivity index (χ0) is 22.1. The first-order valence-corrected chi connectivity index (χ1v) is 10.9. The summed E-state index contributed by atoms with van der Waals surface area (Å²) in [5.74, 6) is 0.660. The maximum atomic E-state index is 14.0. The van der Waals surface area contributed by atoms with Crippen molar-refractivity contribution in [2.75, 3.05) is 45.7 Å². The number of nitrogens with one attached hydrogen (secondary N) is 1. The fourth-order valence-corrected chi connectivity index (χ4v) is 4.48. The lowest BCUT2D eigenvalue weighted by Gasteiger charge is -2.14. The quantitative estimate of drug-likeness (QED) is 0.421. The van der Waals surface area contributed by atoms with Crippen LogP contribution in [0.2, 0.25) is 0 Å². The van der Waals surface area contributed by atoms with Crippen molar-refractivity contribution >= 4 is 23.9 Å². The van der Waals surface area contributed by atoms with Crippen LogP contribution in [0, 0.1) is 5.82 Å². The van der Waals surface area contributed by atoms with E-state index in [1.165, 1.54) is 13.2 Å². The van der Waals surface area contributed by atoms with Gasteiger partial charge in [-0.25, -0.2) is 23.0 Å². The van der Waals surface area contributed by atoms with Crippen molar-refractivity contribution in [3.05, 3.63) is 48.7 Å². The zero-order valence-electron chi connectivity index (χ0n) is 17.7. The number of nitrogens with zero attached hydrogens (tertiary/aromatic N) is 6. The summed E-state index contributed by atoms with van der Waals surface area (Å²) in [6.07, 6.45) is 5.04. The minimum Gasteiger partial charge on any atom is -0.494 e. The van der Waals surface area contributed by atoms with Crippen LogP contribution < -0.4 is 10.1 Å². The number of anilines is 1. The molecule has 9 nitrogen and oxygen atoms in total. The average molecular weight is 456 g/mol. The Morgan fingerprint density at radius 1 is 1.25 bits per heavy atom. The lowest BCUT2D eigenvalue weighted by molar-refractivity contribution is 0.387. The molecule has 0 radical (unpaired) electrons. The molecule has 1 saturated heterocycles. The molecule has 5 rings (SSSR count). The molecule has 0 spiro atoms. The molecule has 1 N–H and O–H groups in total. The highest BCUT2D eigenvalue weighted by Crippen LogP contribution is 2.34. The molecule has 4 aromatic rings. The number of likely N-dealkylation sites (N-methyl/N-ethyl adjacent to an activating group) is 1. The van der Waals surface area contributed by atoms with E-state index in [1.807, 2.05) is 10.5 Å². The van der Waals surface area contributed by atoms with Crippen LogP contribution >= 0.6 is 12.1 Å². The Morgan fingerprint density at radius 3 is 2.97 bits per heavy atom. The second-order valence-corrected chi connectivity index (χ2v) is 8.57. The minimum absolute atomic E-state index is 0.147. The van der Waals surface area contributed by atoms with Crippen molar-refractivity contribution in [1.29, 1.82) is 0 Å². The smallest absolute Gasteiger partial charge is 0.306 e. The van der Waals surface area contributed by atoms with Gasteiger partial charge in [0.15, 0.2) is 11.6 Å². The molecule has 0 atom stereocenters.